The van der Waals surface area contributed by atoms with Crippen molar-refractivity contribution < 1.29 is 14.3 Å². The second-order valence-electron chi connectivity index (χ2n) is 6.42. The molecule has 2 aromatic rings. The highest BCUT2D eigenvalue weighted by Crippen LogP contribution is 2.32. The number of anilines is 1. The number of likely N-dealkylation sites (N-methyl/N-ethyl adjacent to an activating group) is 2. The molecule has 1 aliphatic heterocycles. The van der Waals surface area contributed by atoms with E-state index in [9.17, 15) is 9.59 Å². The van der Waals surface area contributed by atoms with Crippen LogP contribution >= 0.6 is 11.3 Å². The van der Waals surface area contributed by atoms with Crippen LogP contribution in [0.3, 0.4) is 0 Å². The van der Waals surface area contributed by atoms with Gasteiger partial charge in [-0.2, -0.15) is 0 Å². The first-order chi connectivity index (χ1) is 12.6. The van der Waals surface area contributed by atoms with Crippen LogP contribution in [0.5, 0.6) is 5.75 Å². The molecule has 0 fully saturated rings. The van der Waals surface area contributed by atoms with Gasteiger partial charge in [-0.3, -0.25) is 9.59 Å². The molecule has 138 valence electrons. The van der Waals surface area contributed by atoms with E-state index in [-0.39, 0.29) is 30.6 Å². The second-order valence-corrected chi connectivity index (χ2v) is 7.37. The number of Topliss-reactive ketones (excluding diaryl/α,β-unsaturated/α-hetero) is 1. The average molecular weight is 372 g/mol. The molecule has 0 unspecified atom stereocenters. The van der Waals surface area contributed by atoms with E-state index in [1.807, 2.05) is 29.6 Å². The molecule has 1 aliphatic rings. The number of nitrogens with zero attached hydrogens (tertiary/aromatic N) is 2. The Morgan fingerprint density at radius 2 is 2.04 bits per heavy atom. The molecule has 1 amide bonds. The molecule has 26 heavy (non-hydrogen) atoms. The van der Waals surface area contributed by atoms with Crippen molar-refractivity contribution in [2.45, 2.75) is 25.9 Å². The highest BCUT2D eigenvalue weighted by molar-refractivity contribution is 7.12. The standard InChI is InChI=1S/C20H24N2O3S/c1-3-22-14-15(25-18-8-5-4-7-16(18)22)13-21(2)20(24)11-10-17(23)19-9-6-12-26-19/h4-9,12,15H,3,10-11,13-14H2,1-2H3/t15-/m1/s1. The summed E-state index contributed by atoms with van der Waals surface area (Å²) in [7, 11) is 1.78. The second kappa shape index (κ2) is 8.36. The monoisotopic (exact) mass is 372 g/mol. The first-order valence-corrected chi connectivity index (χ1v) is 9.77. The summed E-state index contributed by atoms with van der Waals surface area (Å²) in [5.41, 5.74) is 1.10. The van der Waals surface area contributed by atoms with E-state index in [2.05, 4.69) is 17.9 Å². The molecule has 0 saturated heterocycles. The molecule has 0 saturated carbocycles. The van der Waals surface area contributed by atoms with Gasteiger partial charge in [0.15, 0.2) is 5.78 Å². The van der Waals surface area contributed by atoms with Crippen molar-refractivity contribution in [3.8, 4) is 5.75 Å². The van der Waals surface area contributed by atoms with E-state index in [1.165, 1.54) is 11.3 Å². The molecule has 1 atom stereocenters. The van der Waals surface area contributed by atoms with Crippen LogP contribution in [0.4, 0.5) is 5.69 Å². The molecule has 6 heteroatoms. The van der Waals surface area contributed by atoms with Gasteiger partial charge in [0, 0.05) is 26.4 Å². The lowest BCUT2D eigenvalue weighted by molar-refractivity contribution is -0.130. The van der Waals surface area contributed by atoms with Crippen LogP contribution in [-0.2, 0) is 4.79 Å². The Balaban J connectivity index is 1.53. The molecule has 5 nitrogen and oxygen atoms in total. The van der Waals surface area contributed by atoms with Crippen LogP contribution < -0.4 is 9.64 Å². The summed E-state index contributed by atoms with van der Waals surface area (Å²) in [6.45, 7) is 4.27. The third-order valence-electron chi connectivity index (χ3n) is 4.57. The zero-order valence-electron chi connectivity index (χ0n) is 15.2. The normalized spacial score (nSPS) is 15.9. The quantitative estimate of drug-likeness (QED) is 0.699. The van der Waals surface area contributed by atoms with Gasteiger partial charge in [-0.05, 0) is 30.5 Å². The maximum atomic E-state index is 12.4. The number of para-hydroxylation sites is 2. The van der Waals surface area contributed by atoms with Crippen LogP contribution in [0.1, 0.15) is 29.4 Å². The number of fused-ring (bicyclic) bond motifs is 1. The summed E-state index contributed by atoms with van der Waals surface area (Å²) in [4.78, 5) is 29.1. The molecule has 2 heterocycles. The van der Waals surface area contributed by atoms with E-state index < -0.39 is 0 Å². The van der Waals surface area contributed by atoms with Gasteiger partial charge in [0.2, 0.25) is 5.91 Å². The fourth-order valence-electron chi connectivity index (χ4n) is 3.15. The van der Waals surface area contributed by atoms with Crippen molar-refractivity contribution in [2.24, 2.45) is 0 Å². The zero-order chi connectivity index (χ0) is 18.5. The Kier molecular flexibility index (Phi) is 5.93. The van der Waals surface area contributed by atoms with E-state index in [4.69, 9.17) is 4.74 Å². The number of rotatable bonds is 7. The fraction of sp³-hybridized carbons (Fsp3) is 0.400. The number of hydrogen-bond acceptors (Lipinski definition) is 5. The molecular weight excluding hydrogens is 348 g/mol. The number of ketones is 1. The predicted molar refractivity (Wildman–Crippen MR) is 104 cm³/mol. The van der Waals surface area contributed by atoms with Gasteiger partial charge in [0.25, 0.3) is 0 Å². The number of carbonyl (C=O) groups is 2. The highest BCUT2D eigenvalue weighted by atomic mass is 32.1. The smallest absolute Gasteiger partial charge is 0.222 e. The lowest BCUT2D eigenvalue weighted by Gasteiger charge is -2.37. The molecule has 0 spiro atoms. The van der Waals surface area contributed by atoms with Crippen molar-refractivity contribution in [3.05, 3.63) is 46.7 Å². The molecule has 0 bridgehead atoms. The van der Waals surface area contributed by atoms with Crippen LogP contribution in [0.15, 0.2) is 41.8 Å². The van der Waals surface area contributed by atoms with Crippen LogP contribution in [0.2, 0.25) is 0 Å². The number of hydrogen-bond donors (Lipinski definition) is 0. The molecule has 0 N–H and O–H groups in total. The first-order valence-electron chi connectivity index (χ1n) is 8.89. The average Bonchev–Trinajstić information content (AvgIpc) is 3.19. The molecule has 3 rings (SSSR count). The van der Waals surface area contributed by atoms with Crippen molar-refractivity contribution in [1.29, 1.82) is 0 Å². The third kappa shape index (κ3) is 4.25. The maximum Gasteiger partial charge on any atom is 0.222 e. The van der Waals surface area contributed by atoms with E-state index in [0.717, 1.165) is 24.5 Å². The van der Waals surface area contributed by atoms with Gasteiger partial charge >= 0.3 is 0 Å². The molecular formula is C20H24N2O3S. The molecule has 0 aliphatic carbocycles. The van der Waals surface area contributed by atoms with Gasteiger partial charge in [0.1, 0.15) is 11.9 Å². The minimum atomic E-state index is -0.0770. The number of benzene rings is 1. The third-order valence-corrected chi connectivity index (χ3v) is 5.48. The van der Waals surface area contributed by atoms with Crippen molar-refractivity contribution in [1.82, 2.24) is 4.90 Å². The minimum Gasteiger partial charge on any atom is -0.485 e. The van der Waals surface area contributed by atoms with Crippen molar-refractivity contribution in [3.63, 3.8) is 0 Å². The number of thiophene rings is 1. The Bertz CT molecular complexity index is 760. The topological polar surface area (TPSA) is 49.9 Å². The van der Waals surface area contributed by atoms with Gasteiger partial charge in [-0.1, -0.05) is 18.2 Å². The van der Waals surface area contributed by atoms with Crippen molar-refractivity contribution >= 4 is 28.7 Å². The summed E-state index contributed by atoms with van der Waals surface area (Å²) in [6.07, 6.45) is 0.402. The van der Waals surface area contributed by atoms with Gasteiger partial charge in [0.05, 0.1) is 23.7 Å². The SMILES string of the molecule is CCN1C[C@@H](CN(C)C(=O)CCC(=O)c2cccs2)Oc2ccccc21. The highest BCUT2D eigenvalue weighted by Gasteiger charge is 2.26. The first kappa shape index (κ1) is 18.5. The zero-order valence-corrected chi connectivity index (χ0v) is 16.0. The van der Waals surface area contributed by atoms with Gasteiger partial charge in [-0.15, -0.1) is 11.3 Å². The van der Waals surface area contributed by atoms with Crippen molar-refractivity contribution in [2.75, 3.05) is 31.6 Å². The van der Waals surface area contributed by atoms with E-state index >= 15 is 0 Å². The Hall–Kier alpha value is -2.34. The number of amides is 1. The Morgan fingerprint density at radius 3 is 2.77 bits per heavy atom. The lowest BCUT2D eigenvalue weighted by atomic mass is 10.1. The minimum absolute atomic E-state index is 0.0274. The molecule has 0 radical (unpaired) electrons. The molecule has 1 aromatic carbocycles. The lowest BCUT2D eigenvalue weighted by Crippen LogP contribution is -2.46. The Labute approximate surface area is 158 Å². The number of ether oxygens (including phenoxy) is 1. The predicted octanol–water partition coefficient (Wildman–Crippen LogP) is 3.46. The summed E-state index contributed by atoms with van der Waals surface area (Å²) in [5, 5.41) is 1.87. The van der Waals surface area contributed by atoms with Gasteiger partial charge in [-0.25, -0.2) is 0 Å². The number of carbonyl (C=O) groups excluding carboxylic acids is 2. The summed E-state index contributed by atoms with van der Waals surface area (Å²) < 4.78 is 6.07. The van der Waals surface area contributed by atoms with Crippen LogP contribution in [0, 0.1) is 0 Å². The van der Waals surface area contributed by atoms with Crippen LogP contribution in [0.25, 0.3) is 0 Å². The molecule has 1 aromatic heterocycles. The fourth-order valence-corrected chi connectivity index (χ4v) is 3.85. The van der Waals surface area contributed by atoms with E-state index in [0.29, 0.717) is 11.4 Å². The van der Waals surface area contributed by atoms with E-state index in [1.54, 1.807) is 18.0 Å². The summed E-state index contributed by atoms with van der Waals surface area (Å²) >= 11 is 1.42. The Morgan fingerprint density at radius 1 is 1.23 bits per heavy atom. The van der Waals surface area contributed by atoms with Crippen LogP contribution in [-0.4, -0.2) is 49.4 Å². The van der Waals surface area contributed by atoms with Gasteiger partial charge < -0.3 is 14.5 Å². The largest absolute Gasteiger partial charge is 0.485 e. The summed E-state index contributed by atoms with van der Waals surface area (Å²) in [6, 6.07) is 11.6. The summed E-state index contributed by atoms with van der Waals surface area (Å²) in [5.74, 6) is 0.862. The maximum absolute atomic E-state index is 12.4.